The lowest BCUT2D eigenvalue weighted by molar-refractivity contribution is -0.140. The Kier molecular flexibility index (Phi) is 11.4. The van der Waals surface area contributed by atoms with E-state index >= 15 is 8.78 Å². The minimum atomic E-state index is -0.777. The number of amides is 3. The molecule has 3 amide bonds. The summed E-state index contributed by atoms with van der Waals surface area (Å²) in [6.45, 7) is 6.17. The molecule has 2 bridgehead atoms. The largest absolute Gasteiger partial charge is 0.465 e. The Hall–Kier alpha value is -4.94. The average Bonchev–Trinajstić information content (AvgIpc) is 3.67. The molecule has 7 rings (SSSR count). The van der Waals surface area contributed by atoms with Gasteiger partial charge in [-0.15, -0.1) is 11.3 Å². The van der Waals surface area contributed by atoms with Crippen molar-refractivity contribution >= 4 is 45.7 Å². The fraction of sp³-hybridized carbons (Fsp3) is 0.395. The van der Waals surface area contributed by atoms with Crippen LogP contribution in [0.1, 0.15) is 97.7 Å². The number of piperazine rings is 1. The number of anilines is 2. The predicted octanol–water partition coefficient (Wildman–Crippen LogP) is 7.81. The first-order valence-corrected chi connectivity index (χ1v) is 19.9. The zero-order valence-corrected chi connectivity index (χ0v) is 32.2. The molecule has 0 spiro atoms. The number of hydrogen-bond acceptors (Lipinski definition) is 7. The van der Waals surface area contributed by atoms with E-state index in [9.17, 15) is 19.2 Å². The summed E-state index contributed by atoms with van der Waals surface area (Å²) in [6, 6.07) is 16.8. The number of ether oxygens (including phenoxy) is 1. The second-order valence-electron chi connectivity index (χ2n) is 15.1. The number of carbonyl (C=O) groups excluding carboxylic acids is 4. The first-order valence-electron chi connectivity index (χ1n) is 19.0. The highest BCUT2D eigenvalue weighted by atomic mass is 32.1. The Morgan fingerprint density at radius 1 is 0.836 bits per heavy atom. The van der Waals surface area contributed by atoms with E-state index in [2.05, 4.69) is 20.4 Å². The highest BCUT2D eigenvalue weighted by Gasteiger charge is 2.42. The third-order valence-corrected chi connectivity index (χ3v) is 12.2. The fourth-order valence-corrected chi connectivity index (χ4v) is 9.50. The number of nitrogens with zero attached hydrogens (tertiary/aromatic N) is 2. The molecule has 2 aliphatic heterocycles. The maximum atomic E-state index is 15.3. The predicted molar refractivity (Wildman–Crippen MR) is 209 cm³/mol. The van der Waals surface area contributed by atoms with E-state index in [0.717, 1.165) is 78.9 Å². The number of fused-ring (bicyclic) bond motifs is 3. The smallest absolute Gasteiger partial charge is 0.337 e. The van der Waals surface area contributed by atoms with Crippen LogP contribution in [0.5, 0.6) is 0 Å². The minimum absolute atomic E-state index is 0.0187. The highest BCUT2D eigenvalue weighted by Crippen LogP contribution is 2.39. The van der Waals surface area contributed by atoms with Gasteiger partial charge in [0, 0.05) is 59.3 Å². The summed E-state index contributed by atoms with van der Waals surface area (Å²) >= 11 is 1.38. The molecular formula is C43H46F2N4O5S. The van der Waals surface area contributed by atoms with Crippen LogP contribution in [0, 0.1) is 17.6 Å². The summed E-state index contributed by atoms with van der Waals surface area (Å²) in [5.41, 5.74) is 3.70. The van der Waals surface area contributed by atoms with Crippen molar-refractivity contribution in [2.24, 2.45) is 5.92 Å². The van der Waals surface area contributed by atoms with E-state index in [-0.39, 0.29) is 47.5 Å². The zero-order valence-electron chi connectivity index (χ0n) is 31.4. The number of esters is 1. The van der Waals surface area contributed by atoms with Crippen LogP contribution < -0.4 is 10.6 Å². The van der Waals surface area contributed by atoms with Crippen molar-refractivity contribution in [2.75, 3.05) is 30.8 Å². The number of benzene rings is 3. The third-order valence-electron chi connectivity index (χ3n) is 11.0. The molecule has 2 saturated heterocycles. The lowest BCUT2D eigenvalue weighted by Gasteiger charge is -2.42. The van der Waals surface area contributed by atoms with Gasteiger partial charge in [0.2, 0.25) is 5.91 Å². The van der Waals surface area contributed by atoms with Crippen molar-refractivity contribution in [1.82, 2.24) is 9.80 Å². The summed E-state index contributed by atoms with van der Waals surface area (Å²) in [5.74, 6) is -2.70. The Balaban J connectivity index is 1.03. The average molecular weight is 769 g/mol. The van der Waals surface area contributed by atoms with Crippen molar-refractivity contribution in [1.29, 1.82) is 0 Å². The van der Waals surface area contributed by atoms with Crippen LogP contribution in [-0.2, 0) is 41.8 Å². The van der Waals surface area contributed by atoms with Crippen LogP contribution in [-0.4, -0.2) is 65.8 Å². The topological polar surface area (TPSA) is 108 Å². The fourth-order valence-electron chi connectivity index (χ4n) is 8.22. The van der Waals surface area contributed by atoms with Crippen LogP contribution >= 0.6 is 11.3 Å². The Labute approximate surface area is 324 Å². The van der Waals surface area contributed by atoms with E-state index in [0.29, 0.717) is 41.1 Å². The molecule has 4 aromatic rings. The molecule has 0 radical (unpaired) electrons. The van der Waals surface area contributed by atoms with Gasteiger partial charge in [-0.25, -0.2) is 13.6 Å². The molecule has 55 heavy (non-hydrogen) atoms. The molecule has 3 aromatic carbocycles. The first kappa shape index (κ1) is 38.3. The lowest BCUT2D eigenvalue weighted by atomic mass is 9.95. The molecule has 2 unspecified atom stereocenters. The molecule has 1 aromatic heterocycles. The Bertz CT molecular complexity index is 2080. The number of thiophene rings is 1. The summed E-state index contributed by atoms with van der Waals surface area (Å²) in [4.78, 5) is 57.7. The zero-order chi connectivity index (χ0) is 38.8. The summed E-state index contributed by atoms with van der Waals surface area (Å²) in [6.07, 6.45) is 5.75. The number of halogens is 2. The molecule has 2 atom stereocenters. The summed E-state index contributed by atoms with van der Waals surface area (Å²) in [5, 5.41) is 6.11. The van der Waals surface area contributed by atoms with E-state index in [4.69, 9.17) is 4.74 Å². The van der Waals surface area contributed by atoms with E-state index in [1.165, 1.54) is 18.4 Å². The van der Waals surface area contributed by atoms with Gasteiger partial charge in [0.15, 0.2) is 0 Å². The van der Waals surface area contributed by atoms with Gasteiger partial charge in [0.05, 0.1) is 18.2 Å². The molecule has 3 heterocycles. The minimum Gasteiger partial charge on any atom is -0.465 e. The van der Waals surface area contributed by atoms with E-state index < -0.39 is 23.5 Å². The van der Waals surface area contributed by atoms with Gasteiger partial charge in [0.25, 0.3) is 11.8 Å². The number of hydrogen-bond donors (Lipinski definition) is 2. The van der Waals surface area contributed by atoms with Crippen molar-refractivity contribution < 1.29 is 32.7 Å². The maximum absolute atomic E-state index is 15.3. The third kappa shape index (κ3) is 8.35. The van der Waals surface area contributed by atoms with Gasteiger partial charge in [-0.2, -0.15) is 0 Å². The first-order chi connectivity index (χ1) is 26.5. The second-order valence-corrected chi connectivity index (χ2v) is 16.2. The van der Waals surface area contributed by atoms with E-state index in [1.54, 1.807) is 30.3 Å². The van der Waals surface area contributed by atoms with Gasteiger partial charge in [-0.3, -0.25) is 19.3 Å². The molecule has 9 nitrogen and oxygen atoms in total. The monoisotopic (exact) mass is 768 g/mol. The Morgan fingerprint density at radius 2 is 1.53 bits per heavy atom. The van der Waals surface area contributed by atoms with Crippen LogP contribution in [0.2, 0.25) is 0 Å². The Morgan fingerprint density at radius 3 is 2.20 bits per heavy atom. The van der Waals surface area contributed by atoms with E-state index in [1.807, 2.05) is 32.0 Å². The molecule has 2 N–H and O–H groups in total. The van der Waals surface area contributed by atoms with Gasteiger partial charge >= 0.3 is 5.97 Å². The number of rotatable bonds is 11. The number of likely N-dealkylation sites (tertiary alicyclic amines) is 1. The molecule has 288 valence electrons. The van der Waals surface area contributed by atoms with Gasteiger partial charge in [-0.1, -0.05) is 38.1 Å². The summed E-state index contributed by atoms with van der Waals surface area (Å²) in [7, 11) is 1.30. The van der Waals surface area contributed by atoms with Crippen LogP contribution in [0.3, 0.4) is 0 Å². The van der Waals surface area contributed by atoms with Crippen molar-refractivity contribution in [3.8, 4) is 0 Å². The van der Waals surface area contributed by atoms with Gasteiger partial charge < -0.3 is 20.3 Å². The van der Waals surface area contributed by atoms with Crippen molar-refractivity contribution in [3.63, 3.8) is 0 Å². The summed E-state index contributed by atoms with van der Waals surface area (Å²) < 4.78 is 35.3. The number of nitrogens with one attached hydrogen (secondary N) is 2. The number of carbonyl (C=O) groups is 4. The molecule has 2 fully saturated rings. The SMILES string of the molecule is COC(=O)c1ccc(CCc2c(F)cc(NC(=O)c3c(NC(=O)c4cccc(CN5CC6CCC(C5)N6C(=O)C(C)C)c4)sc4c3CCCC4)cc2F)cc1. The molecular weight excluding hydrogens is 723 g/mol. The van der Waals surface area contributed by atoms with Gasteiger partial charge in [0.1, 0.15) is 16.6 Å². The van der Waals surface area contributed by atoms with Crippen molar-refractivity contribution in [2.45, 2.75) is 83.8 Å². The normalized spacial score (nSPS) is 17.9. The number of aryl methyl sites for hydroxylation is 2. The highest BCUT2D eigenvalue weighted by molar-refractivity contribution is 7.17. The van der Waals surface area contributed by atoms with Crippen LogP contribution in [0.25, 0.3) is 0 Å². The van der Waals surface area contributed by atoms with Crippen molar-refractivity contribution in [3.05, 3.63) is 116 Å². The molecule has 12 heteroatoms. The quantitative estimate of drug-likeness (QED) is 0.151. The number of methoxy groups -OCH3 is 1. The maximum Gasteiger partial charge on any atom is 0.337 e. The van der Waals surface area contributed by atoms with Gasteiger partial charge in [-0.05, 0) is 104 Å². The lowest BCUT2D eigenvalue weighted by Crippen LogP contribution is -2.56. The molecule has 1 aliphatic carbocycles. The second kappa shape index (κ2) is 16.4. The van der Waals surface area contributed by atoms with Crippen LogP contribution in [0.15, 0.2) is 60.7 Å². The molecule has 3 aliphatic rings. The van der Waals surface area contributed by atoms with Crippen LogP contribution in [0.4, 0.5) is 19.5 Å². The molecule has 0 saturated carbocycles. The standard InChI is InChI=1S/C43H46F2N4O5S/c1-25(2)42(52)49-31-16-17-32(49)24-48(23-31)22-27-7-6-8-29(19-27)39(50)47-41-38(34-9-4-5-10-37(34)55-41)40(51)46-30-20-35(44)33(36(45)21-30)18-13-26-11-14-28(15-12-26)43(53)54-3/h6-8,11-12,14-15,19-21,25,31-32H,4-5,9-10,13,16-18,22-24H2,1-3H3,(H,46,51)(H,47,50).